The molecule has 0 heterocycles. The van der Waals surface area contributed by atoms with Gasteiger partial charge in [-0.3, -0.25) is 4.79 Å². The fourth-order valence-electron chi connectivity index (χ4n) is 4.81. The van der Waals surface area contributed by atoms with E-state index in [1.165, 1.54) is 27.8 Å². The molecule has 2 atom stereocenters. The van der Waals surface area contributed by atoms with Crippen molar-refractivity contribution in [1.29, 1.82) is 0 Å². The van der Waals surface area contributed by atoms with Crippen LogP contribution in [0.15, 0.2) is 66.7 Å². The molecule has 0 aliphatic heterocycles. The van der Waals surface area contributed by atoms with E-state index in [1.807, 2.05) is 6.07 Å². The standard InChI is InChI=1S/C26H24O3/c1-17-3-2-4-21(13-17)19-7-5-18(6-8-19)16-29-22-10-9-20-11-12-26(23(20)14-22)15-24(26)25(27)28/h2-10,13-14,24H,11-12,15-16H2,1H3,(H,27,28)/t24-,26-/m0/s1. The molecule has 0 aromatic heterocycles. The summed E-state index contributed by atoms with van der Waals surface area (Å²) in [5.41, 5.74) is 7.12. The number of aryl methyl sites for hydroxylation is 2. The minimum atomic E-state index is -0.669. The molecule has 0 unspecified atom stereocenters. The first-order valence-corrected chi connectivity index (χ1v) is 10.2. The van der Waals surface area contributed by atoms with E-state index in [-0.39, 0.29) is 11.3 Å². The average Bonchev–Trinajstić information content (AvgIpc) is 3.37. The van der Waals surface area contributed by atoms with E-state index in [9.17, 15) is 9.90 Å². The summed E-state index contributed by atoms with van der Waals surface area (Å²) in [7, 11) is 0. The predicted molar refractivity (Wildman–Crippen MR) is 113 cm³/mol. The third-order valence-electron chi connectivity index (χ3n) is 6.54. The Morgan fingerprint density at radius 2 is 1.90 bits per heavy atom. The first-order valence-electron chi connectivity index (χ1n) is 10.2. The molecule has 3 aromatic carbocycles. The quantitative estimate of drug-likeness (QED) is 0.629. The van der Waals surface area contributed by atoms with Crippen molar-refractivity contribution in [2.75, 3.05) is 0 Å². The van der Waals surface area contributed by atoms with Crippen LogP contribution in [0.5, 0.6) is 5.75 Å². The third-order valence-corrected chi connectivity index (χ3v) is 6.54. The first kappa shape index (κ1) is 18.0. The summed E-state index contributed by atoms with van der Waals surface area (Å²) >= 11 is 0. The van der Waals surface area contributed by atoms with Crippen molar-refractivity contribution < 1.29 is 14.6 Å². The first-order chi connectivity index (χ1) is 14.0. The molecule has 2 aliphatic rings. The van der Waals surface area contributed by atoms with Gasteiger partial charge in [0.2, 0.25) is 0 Å². The van der Waals surface area contributed by atoms with Gasteiger partial charge < -0.3 is 9.84 Å². The normalized spacial score (nSPS) is 21.8. The molecular weight excluding hydrogens is 360 g/mol. The Labute approximate surface area is 171 Å². The van der Waals surface area contributed by atoms with Crippen molar-refractivity contribution in [3.8, 4) is 16.9 Å². The zero-order valence-electron chi connectivity index (χ0n) is 16.5. The molecule has 1 N–H and O–H groups in total. The molecule has 0 bridgehead atoms. The van der Waals surface area contributed by atoms with Gasteiger partial charge >= 0.3 is 5.97 Å². The Morgan fingerprint density at radius 3 is 2.62 bits per heavy atom. The lowest BCUT2D eigenvalue weighted by atomic mass is 9.95. The van der Waals surface area contributed by atoms with Crippen LogP contribution in [-0.2, 0) is 23.2 Å². The van der Waals surface area contributed by atoms with Crippen LogP contribution in [0.1, 0.15) is 35.1 Å². The van der Waals surface area contributed by atoms with Gasteiger partial charge in [0.05, 0.1) is 5.92 Å². The highest BCUT2D eigenvalue weighted by Crippen LogP contribution is 2.61. The van der Waals surface area contributed by atoms with E-state index in [1.54, 1.807) is 0 Å². The van der Waals surface area contributed by atoms with Gasteiger partial charge in [0.15, 0.2) is 0 Å². The predicted octanol–water partition coefficient (Wildman–Crippen LogP) is 5.53. The van der Waals surface area contributed by atoms with Gasteiger partial charge in [0.1, 0.15) is 12.4 Å². The van der Waals surface area contributed by atoms with Crippen LogP contribution >= 0.6 is 0 Å². The summed E-state index contributed by atoms with van der Waals surface area (Å²) in [6, 6.07) is 23.2. The molecule has 29 heavy (non-hydrogen) atoms. The summed E-state index contributed by atoms with van der Waals surface area (Å²) in [6.07, 6.45) is 2.68. The number of rotatable bonds is 5. The summed E-state index contributed by atoms with van der Waals surface area (Å²) in [6.45, 7) is 2.61. The van der Waals surface area contributed by atoms with Crippen LogP contribution in [0.2, 0.25) is 0 Å². The number of hydrogen-bond donors (Lipinski definition) is 1. The molecule has 3 nitrogen and oxygen atoms in total. The Bertz CT molecular complexity index is 1080. The van der Waals surface area contributed by atoms with Gasteiger partial charge in [-0.15, -0.1) is 0 Å². The van der Waals surface area contributed by atoms with Crippen LogP contribution in [0.4, 0.5) is 0 Å². The van der Waals surface area contributed by atoms with Crippen molar-refractivity contribution in [3.63, 3.8) is 0 Å². The van der Waals surface area contributed by atoms with E-state index in [0.717, 1.165) is 30.6 Å². The molecule has 0 radical (unpaired) electrons. The fourth-order valence-corrected chi connectivity index (χ4v) is 4.81. The van der Waals surface area contributed by atoms with Crippen molar-refractivity contribution in [3.05, 3.63) is 89.0 Å². The second kappa shape index (κ2) is 6.77. The maximum Gasteiger partial charge on any atom is 0.307 e. The summed E-state index contributed by atoms with van der Waals surface area (Å²) in [5, 5.41) is 9.41. The van der Waals surface area contributed by atoms with Crippen LogP contribution in [-0.4, -0.2) is 11.1 Å². The van der Waals surface area contributed by atoms with E-state index >= 15 is 0 Å². The van der Waals surface area contributed by atoms with Gasteiger partial charge in [-0.25, -0.2) is 0 Å². The molecule has 1 saturated carbocycles. The van der Waals surface area contributed by atoms with Gasteiger partial charge in [0, 0.05) is 5.41 Å². The fraction of sp³-hybridized carbons (Fsp3) is 0.269. The van der Waals surface area contributed by atoms with Crippen LogP contribution in [0.3, 0.4) is 0 Å². The molecule has 3 aromatic rings. The van der Waals surface area contributed by atoms with Gasteiger partial charge in [-0.05, 0) is 66.1 Å². The van der Waals surface area contributed by atoms with E-state index in [2.05, 4.69) is 67.6 Å². The number of hydrogen-bond acceptors (Lipinski definition) is 2. The number of benzene rings is 3. The molecule has 0 amide bonds. The number of fused-ring (bicyclic) bond motifs is 2. The second-order valence-corrected chi connectivity index (χ2v) is 8.43. The average molecular weight is 384 g/mol. The van der Waals surface area contributed by atoms with Crippen LogP contribution in [0.25, 0.3) is 11.1 Å². The summed E-state index contributed by atoms with van der Waals surface area (Å²) < 4.78 is 6.05. The van der Waals surface area contributed by atoms with Crippen LogP contribution in [0, 0.1) is 12.8 Å². The molecule has 1 spiro atoms. The lowest BCUT2D eigenvalue weighted by Crippen LogP contribution is -2.11. The van der Waals surface area contributed by atoms with E-state index in [0.29, 0.717) is 6.61 Å². The molecular formula is C26H24O3. The number of aliphatic carboxylic acids is 1. The molecule has 1 fully saturated rings. The summed E-state index contributed by atoms with van der Waals surface area (Å²) in [4.78, 5) is 11.4. The Morgan fingerprint density at radius 1 is 1.07 bits per heavy atom. The Hall–Kier alpha value is -3.07. The lowest BCUT2D eigenvalue weighted by molar-refractivity contribution is -0.139. The number of carboxylic acid groups (broad SMARTS) is 1. The van der Waals surface area contributed by atoms with E-state index < -0.39 is 5.97 Å². The van der Waals surface area contributed by atoms with Crippen molar-refractivity contribution >= 4 is 5.97 Å². The number of carboxylic acids is 1. The maximum absolute atomic E-state index is 11.4. The smallest absolute Gasteiger partial charge is 0.307 e. The SMILES string of the molecule is Cc1cccc(-c2ccc(COc3ccc4c(c3)[C@]3(CC4)C[C@H]3C(=O)O)cc2)c1. The highest BCUT2D eigenvalue weighted by Gasteiger charge is 2.61. The van der Waals surface area contributed by atoms with Crippen LogP contribution < -0.4 is 4.74 Å². The third kappa shape index (κ3) is 3.21. The second-order valence-electron chi connectivity index (χ2n) is 8.43. The molecule has 2 aliphatic carbocycles. The molecule has 146 valence electrons. The van der Waals surface area contributed by atoms with Gasteiger partial charge in [0.25, 0.3) is 0 Å². The highest BCUT2D eigenvalue weighted by atomic mass is 16.5. The minimum absolute atomic E-state index is 0.143. The van der Waals surface area contributed by atoms with Crippen molar-refractivity contribution in [1.82, 2.24) is 0 Å². The van der Waals surface area contributed by atoms with Gasteiger partial charge in [-0.2, -0.15) is 0 Å². The van der Waals surface area contributed by atoms with Crippen molar-refractivity contribution in [2.45, 2.75) is 38.2 Å². The monoisotopic (exact) mass is 384 g/mol. The summed E-state index contributed by atoms with van der Waals surface area (Å²) in [5.74, 6) is -0.0742. The minimum Gasteiger partial charge on any atom is -0.489 e. The molecule has 3 heteroatoms. The highest BCUT2D eigenvalue weighted by molar-refractivity contribution is 5.78. The number of ether oxygens (including phenoxy) is 1. The molecule has 5 rings (SSSR count). The Balaban J connectivity index is 1.29. The zero-order chi connectivity index (χ0) is 20.0. The lowest BCUT2D eigenvalue weighted by Gasteiger charge is -2.13. The maximum atomic E-state index is 11.4. The van der Waals surface area contributed by atoms with Crippen molar-refractivity contribution in [2.24, 2.45) is 5.92 Å². The zero-order valence-corrected chi connectivity index (χ0v) is 16.5. The number of carbonyl (C=O) groups is 1. The topological polar surface area (TPSA) is 46.5 Å². The van der Waals surface area contributed by atoms with Gasteiger partial charge in [-0.1, -0.05) is 60.2 Å². The molecule has 0 saturated heterocycles. The largest absolute Gasteiger partial charge is 0.489 e. The van der Waals surface area contributed by atoms with E-state index in [4.69, 9.17) is 4.74 Å². The Kier molecular flexibility index (Phi) is 4.20.